The summed E-state index contributed by atoms with van der Waals surface area (Å²) in [5.74, 6) is 0. The number of carbonyl (C=O) groups is 1. The van der Waals surface area contributed by atoms with Crippen LogP contribution in [0.2, 0.25) is 10.0 Å². The zero-order chi connectivity index (χ0) is 11.6. The van der Waals surface area contributed by atoms with E-state index < -0.39 is 0 Å². The third-order valence-electron chi connectivity index (χ3n) is 0.992. The summed E-state index contributed by atoms with van der Waals surface area (Å²) in [5.41, 5.74) is 0.807. The van der Waals surface area contributed by atoms with Crippen LogP contribution in [0.1, 0.15) is 19.5 Å². The van der Waals surface area contributed by atoms with E-state index in [1.54, 1.807) is 12.3 Å². The van der Waals surface area contributed by atoms with E-state index in [1.165, 1.54) is 0 Å². The number of aromatic nitrogens is 1. The van der Waals surface area contributed by atoms with Crippen LogP contribution >= 0.6 is 23.2 Å². The number of pyridine rings is 1. The van der Waals surface area contributed by atoms with Gasteiger partial charge in [-0.2, -0.15) is 0 Å². The summed E-state index contributed by atoms with van der Waals surface area (Å²) < 4.78 is 0. The lowest BCUT2D eigenvalue weighted by Gasteiger charge is -1.93. The van der Waals surface area contributed by atoms with Crippen LogP contribution in [0.4, 0.5) is 0 Å². The number of aryl methyl sites for hydroxylation is 1. The quantitative estimate of drug-likeness (QED) is 0.704. The molecule has 14 heavy (non-hydrogen) atoms. The summed E-state index contributed by atoms with van der Waals surface area (Å²) in [4.78, 5) is 12.3. The highest BCUT2D eigenvalue weighted by atomic mass is 35.5. The van der Waals surface area contributed by atoms with Gasteiger partial charge in [0, 0.05) is 6.20 Å². The lowest BCUT2D eigenvalue weighted by atomic mass is 10.4. The van der Waals surface area contributed by atoms with Crippen molar-refractivity contribution >= 4 is 29.7 Å². The van der Waals surface area contributed by atoms with Crippen molar-refractivity contribution in [2.45, 2.75) is 20.8 Å². The first-order valence-corrected chi connectivity index (χ1v) is 4.73. The van der Waals surface area contributed by atoms with Gasteiger partial charge in [-0.05, 0) is 13.0 Å². The number of hydrogen-bond donors (Lipinski definition) is 1. The van der Waals surface area contributed by atoms with Crippen LogP contribution in [0, 0.1) is 6.92 Å². The molecule has 0 aromatic carbocycles. The molecule has 0 bridgehead atoms. The average Bonchev–Trinajstić information content (AvgIpc) is 2.17. The van der Waals surface area contributed by atoms with Crippen molar-refractivity contribution < 1.29 is 9.90 Å². The first-order valence-electron chi connectivity index (χ1n) is 3.97. The van der Waals surface area contributed by atoms with Gasteiger partial charge in [-0.15, -0.1) is 0 Å². The normalized spacial score (nSPS) is 7.50. The van der Waals surface area contributed by atoms with E-state index in [2.05, 4.69) is 4.98 Å². The Bertz CT molecular complexity index is 267. The van der Waals surface area contributed by atoms with E-state index >= 15 is 0 Å². The van der Waals surface area contributed by atoms with Crippen molar-refractivity contribution in [3.63, 3.8) is 0 Å². The van der Waals surface area contributed by atoms with Gasteiger partial charge in [0.25, 0.3) is 6.47 Å². The first-order chi connectivity index (χ1) is 6.61. The van der Waals surface area contributed by atoms with Crippen LogP contribution in [-0.2, 0) is 4.79 Å². The molecular weight excluding hydrogens is 225 g/mol. The fraction of sp³-hybridized carbons (Fsp3) is 0.333. The SMILES string of the molecule is CC.Cc1ncc(Cl)cc1Cl.O=CO. The number of carboxylic acid groups (broad SMARTS) is 1. The summed E-state index contributed by atoms with van der Waals surface area (Å²) >= 11 is 11.2. The van der Waals surface area contributed by atoms with Crippen molar-refractivity contribution in [3.8, 4) is 0 Å². The third-order valence-corrected chi connectivity index (χ3v) is 1.58. The Balaban J connectivity index is 0. The zero-order valence-corrected chi connectivity index (χ0v) is 9.80. The molecule has 0 unspecified atom stereocenters. The summed E-state index contributed by atoms with van der Waals surface area (Å²) in [6.07, 6.45) is 1.57. The molecule has 1 rings (SSSR count). The summed E-state index contributed by atoms with van der Waals surface area (Å²) in [6, 6.07) is 1.67. The Labute approximate surface area is 93.7 Å². The van der Waals surface area contributed by atoms with Crippen LogP contribution in [0.3, 0.4) is 0 Å². The second-order valence-corrected chi connectivity index (χ2v) is 2.67. The Hall–Kier alpha value is -0.800. The van der Waals surface area contributed by atoms with Crippen molar-refractivity contribution in [3.05, 3.63) is 28.0 Å². The molecule has 5 heteroatoms. The summed E-state index contributed by atoms with van der Waals surface area (Å²) in [5, 5.41) is 8.08. The molecule has 0 spiro atoms. The maximum Gasteiger partial charge on any atom is 0.290 e. The zero-order valence-electron chi connectivity index (χ0n) is 8.29. The predicted molar refractivity (Wildman–Crippen MR) is 59.0 cm³/mol. The van der Waals surface area contributed by atoms with Gasteiger partial charge in [0.05, 0.1) is 15.7 Å². The smallest absolute Gasteiger partial charge is 0.290 e. The molecule has 0 aliphatic carbocycles. The highest BCUT2D eigenvalue weighted by Crippen LogP contribution is 2.16. The highest BCUT2D eigenvalue weighted by Gasteiger charge is 1.94. The fourth-order valence-electron chi connectivity index (χ4n) is 0.483. The number of hydrogen-bond acceptors (Lipinski definition) is 2. The summed E-state index contributed by atoms with van der Waals surface area (Å²) in [7, 11) is 0. The number of nitrogens with zero attached hydrogens (tertiary/aromatic N) is 1. The van der Waals surface area contributed by atoms with Crippen LogP contribution in [0.5, 0.6) is 0 Å². The van der Waals surface area contributed by atoms with Gasteiger partial charge < -0.3 is 5.11 Å². The van der Waals surface area contributed by atoms with E-state index in [1.807, 2.05) is 20.8 Å². The first kappa shape index (κ1) is 15.7. The Morgan fingerprint density at radius 2 is 1.86 bits per heavy atom. The van der Waals surface area contributed by atoms with E-state index in [0.717, 1.165) is 5.69 Å². The molecule has 0 radical (unpaired) electrons. The van der Waals surface area contributed by atoms with Gasteiger partial charge in [0.1, 0.15) is 0 Å². The van der Waals surface area contributed by atoms with E-state index in [4.69, 9.17) is 33.1 Å². The van der Waals surface area contributed by atoms with Gasteiger partial charge in [-0.1, -0.05) is 37.0 Å². The molecule has 0 aliphatic heterocycles. The van der Waals surface area contributed by atoms with Gasteiger partial charge in [0.15, 0.2) is 0 Å². The molecule has 0 atom stereocenters. The van der Waals surface area contributed by atoms with Crippen LogP contribution in [-0.4, -0.2) is 16.6 Å². The summed E-state index contributed by atoms with van der Waals surface area (Å²) in [6.45, 7) is 5.58. The molecule has 3 nitrogen and oxygen atoms in total. The monoisotopic (exact) mass is 237 g/mol. The average molecular weight is 238 g/mol. The van der Waals surface area contributed by atoms with Crippen molar-refractivity contribution in [1.29, 1.82) is 0 Å². The van der Waals surface area contributed by atoms with Crippen LogP contribution in [0.15, 0.2) is 12.3 Å². The van der Waals surface area contributed by atoms with Gasteiger partial charge in [0.2, 0.25) is 0 Å². The molecular formula is C9H13Cl2NO2. The van der Waals surface area contributed by atoms with Gasteiger partial charge in [-0.25, -0.2) is 0 Å². The Morgan fingerprint density at radius 3 is 2.14 bits per heavy atom. The van der Waals surface area contributed by atoms with E-state index in [9.17, 15) is 0 Å². The van der Waals surface area contributed by atoms with Crippen molar-refractivity contribution in [2.24, 2.45) is 0 Å². The largest absolute Gasteiger partial charge is 0.483 e. The third kappa shape index (κ3) is 7.83. The highest BCUT2D eigenvalue weighted by molar-refractivity contribution is 6.34. The molecule has 0 saturated heterocycles. The van der Waals surface area contributed by atoms with Crippen molar-refractivity contribution in [1.82, 2.24) is 4.98 Å². The minimum atomic E-state index is -0.250. The van der Waals surface area contributed by atoms with E-state index in [0.29, 0.717) is 10.0 Å². The second-order valence-electron chi connectivity index (χ2n) is 1.83. The molecule has 80 valence electrons. The van der Waals surface area contributed by atoms with E-state index in [-0.39, 0.29) is 6.47 Å². The molecule has 0 fully saturated rings. The Kier molecular flexibility index (Phi) is 11.5. The maximum atomic E-state index is 8.36. The molecule has 1 N–H and O–H groups in total. The lowest BCUT2D eigenvalue weighted by molar-refractivity contribution is -0.122. The molecule has 1 aromatic rings. The van der Waals surface area contributed by atoms with Crippen molar-refractivity contribution in [2.75, 3.05) is 0 Å². The molecule has 0 aliphatic rings. The van der Waals surface area contributed by atoms with Crippen LogP contribution < -0.4 is 0 Å². The minimum absolute atomic E-state index is 0.250. The topological polar surface area (TPSA) is 50.2 Å². The maximum absolute atomic E-state index is 8.36. The lowest BCUT2D eigenvalue weighted by Crippen LogP contribution is -1.79. The predicted octanol–water partition coefficient (Wildman–Crippen LogP) is 3.42. The fourth-order valence-corrected chi connectivity index (χ4v) is 0.863. The van der Waals surface area contributed by atoms with Gasteiger partial charge in [-0.3, -0.25) is 9.78 Å². The standard InChI is InChI=1S/C6H5Cl2N.C2H6.CH2O2/c1-4-6(8)2-5(7)3-9-4;1-2;2-1-3/h2-3H,1H3;1-2H3;1H,(H,2,3). The Morgan fingerprint density at radius 1 is 1.43 bits per heavy atom. The second kappa shape index (κ2) is 10.3. The molecule has 0 saturated carbocycles. The molecule has 1 aromatic heterocycles. The number of halogens is 2. The minimum Gasteiger partial charge on any atom is -0.483 e. The molecule has 0 amide bonds. The van der Waals surface area contributed by atoms with Gasteiger partial charge >= 0.3 is 0 Å². The molecule has 1 heterocycles. The number of rotatable bonds is 0. The van der Waals surface area contributed by atoms with Crippen LogP contribution in [0.25, 0.3) is 0 Å².